The molecule has 3 aromatic carbocycles. The second kappa shape index (κ2) is 10.1. The molecular weight excluding hydrogens is 523 g/mol. The van der Waals surface area contributed by atoms with Crippen LogP contribution in [-0.4, -0.2) is 43.9 Å². The molecule has 2 amide bonds. The van der Waals surface area contributed by atoms with Gasteiger partial charge in [0.15, 0.2) is 0 Å². The van der Waals surface area contributed by atoms with Gasteiger partial charge in [0.1, 0.15) is 0 Å². The molecule has 1 aliphatic heterocycles. The number of fused-ring (bicyclic) bond motifs is 2. The average molecular weight is 549 g/mol. The molecule has 1 saturated carbocycles. The summed E-state index contributed by atoms with van der Waals surface area (Å²) < 4.78 is 0. The predicted molar refractivity (Wildman–Crippen MR) is 148 cm³/mol. The van der Waals surface area contributed by atoms with E-state index in [4.69, 9.17) is 23.2 Å². The zero-order valence-corrected chi connectivity index (χ0v) is 21.9. The summed E-state index contributed by atoms with van der Waals surface area (Å²) in [5.41, 5.74) is 3.32. The number of aliphatic hydroxyl groups is 1. The van der Waals surface area contributed by atoms with Crippen LogP contribution in [-0.2, 0) is 4.79 Å². The van der Waals surface area contributed by atoms with E-state index in [1.807, 2.05) is 47.4 Å². The number of para-hydroxylation sites is 2. The second-order valence-electron chi connectivity index (χ2n) is 9.94. The van der Waals surface area contributed by atoms with Crippen molar-refractivity contribution in [3.63, 3.8) is 0 Å². The molecule has 2 heterocycles. The topological polar surface area (TPSA) is 98.3 Å². The van der Waals surface area contributed by atoms with Crippen LogP contribution in [0.4, 0.5) is 5.95 Å². The number of halogens is 2. The van der Waals surface area contributed by atoms with E-state index in [9.17, 15) is 14.7 Å². The highest BCUT2D eigenvalue weighted by Gasteiger charge is 2.47. The molecule has 0 spiro atoms. The van der Waals surface area contributed by atoms with E-state index in [-0.39, 0.29) is 24.0 Å². The summed E-state index contributed by atoms with van der Waals surface area (Å²) in [5, 5.41) is 14.0. The van der Waals surface area contributed by atoms with Gasteiger partial charge in [0.2, 0.25) is 11.9 Å². The summed E-state index contributed by atoms with van der Waals surface area (Å²) in [7, 11) is 0. The molecule has 3 N–H and O–H groups in total. The first-order valence-electron chi connectivity index (χ1n) is 12.7. The minimum Gasteiger partial charge on any atom is -0.393 e. The number of aromatic nitrogens is 2. The maximum absolute atomic E-state index is 14.1. The van der Waals surface area contributed by atoms with Gasteiger partial charge in [-0.05, 0) is 67.1 Å². The molecule has 4 aromatic rings. The van der Waals surface area contributed by atoms with Crippen molar-refractivity contribution in [2.75, 3.05) is 5.32 Å². The summed E-state index contributed by atoms with van der Waals surface area (Å²) in [4.78, 5) is 37.7. The lowest BCUT2D eigenvalue weighted by Crippen LogP contribution is -2.52. The Kier molecular flexibility index (Phi) is 6.60. The van der Waals surface area contributed by atoms with Crippen molar-refractivity contribution in [2.24, 2.45) is 0 Å². The van der Waals surface area contributed by atoms with E-state index in [0.29, 0.717) is 58.4 Å². The highest BCUT2D eigenvalue weighted by Crippen LogP contribution is 2.48. The summed E-state index contributed by atoms with van der Waals surface area (Å²) in [5.74, 6) is -0.881. The van der Waals surface area contributed by atoms with Crippen molar-refractivity contribution >= 4 is 52.0 Å². The first kappa shape index (κ1) is 24.9. The van der Waals surface area contributed by atoms with Gasteiger partial charge in [0.05, 0.1) is 29.1 Å². The number of nitrogens with zero attached hydrogens (tertiary/aromatic N) is 2. The van der Waals surface area contributed by atoms with E-state index in [1.54, 1.807) is 24.3 Å². The number of imidazole rings is 1. The number of carbonyl (C=O) groups excluding carboxylic acids is 2. The maximum atomic E-state index is 14.1. The third kappa shape index (κ3) is 4.45. The van der Waals surface area contributed by atoms with Crippen LogP contribution in [0.3, 0.4) is 0 Å². The van der Waals surface area contributed by atoms with Gasteiger partial charge in [0.25, 0.3) is 5.91 Å². The number of aromatic amines is 1. The molecular formula is C29H26Cl2N4O3. The number of hydrogen-bond donors (Lipinski definition) is 3. The maximum Gasteiger partial charge on any atom is 0.254 e. The number of amides is 2. The van der Waals surface area contributed by atoms with Crippen LogP contribution in [0.2, 0.25) is 10.0 Å². The molecule has 194 valence electrons. The van der Waals surface area contributed by atoms with Gasteiger partial charge in [-0.15, -0.1) is 0 Å². The summed E-state index contributed by atoms with van der Waals surface area (Å²) in [6.07, 6.45) is 2.06. The number of H-pyrrole nitrogens is 1. The van der Waals surface area contributed by atoms with Crippen molar-refractivity contribution < 1.29 is 14.7 Å². The smallest absolute Gasteiger partial charge is 0.254 e. The van der Waals surface area contributed by atoms with Crippen LogP contribution in [0.1, 0.15) is 59.1 Å². The lowest BCUT2D eigenvalue weighted by atomic mass is 9.77. The highest BCUT2D eigenvalue weighted by atomic mass is 35.5. The van der Waals surface area contributed by atoms with Gasteiger partial charge in [0, 0.05) is 21.7 Å². The van der Waals surface area contributed by atoms with Crippen molar-refractivity contribution in [1.82, 2.24) is 14.9 Å². The number of hydrogen-bond acceptors (Lipinski definition) is 4. The molecule has 0 radical (unpaired) electrons. The predicted octanol–water partition coefficient (Wildman–Crippen LogP) is 6.09. The fraction of sp³-hybridized carbons (Fsp3) is 0.276. The molecule has 2 atom stereocenters. The Balaban J connectivity index is 1.48. The number of carbonyl (C=O) groups is 2. The van der Waals surface area contributed by atoms with Crippen molar-refractivity contribution in [1.29, 1.82) is 0 Å². The van der Waals surface area contributed by atoms with Crippen molar-refractivity contribution in [3.05, 3.63) is 93.5 Å². The van der Waals surface area contributed by atoms with Crippen LogP contribution in [0, 0.1) is 0 Å². The zero-order chi connectivity index (χ0) is 26.4. The Hall–Kier alpha value is -3.39. The molecule has 0 bridgehead atoms. The number of benzene rings is 3. The fourth-order valence-corrected chi connectivity index (χ4v) is 6.37. The van der Waals surface area contributed by atoms with Crippen LogP contribution >= 0.6 is 23.2 Å². The molecule has 38 heavy (non-hydrogen) atoms. The SMILES string of the molecule is O=C(Nc1nc2ccccc2[nH]1)[C@@H]1c2ccccc2C(=O)N(C2CCC(O)CC2)[C@H]1c1ccc(Cl)cc1Cl. The molecule has 1 fully saturated rings. The lowest BCUT2D eigenvalue weighted by molar-refractivity contribution is -0.119. The minimum absolute atomic E-state index is 0.147. The summed E-state index contributed by atoms with van der Waals surface area (Å²) in [6.45, 7) is 0. The zero-order valence-electron chi connectivity index (χ0n) is 20.4. The molecule has 0 saturated heterocycles. The van der Waals surface area contributed by atoms with E-state index >= 15 is 0 Å². The number of rotatable bonds is 4. The second-order valence-corrected chi connectivity index (χ2v) is 10.8. The molecule has 2 aliphatic rings. The quantitative estimate of drug-likeness (QED) is 0.287. The van der Waals surface area contributed by atoms with Gasteiger partial charge >= 0.3 is 0 Å². The number of nitrogens with one attached hydrogen (secondary N) is 2. The Morgan fingerprint density at radius 1 is 0.974 bits per heavy atom. The van der Waals surface area contributed by atoms with E-state index in [2.05, 4.69) is 15.3 Å². The largest absolute Gasteiger partial charge is 0.393 e. The summed E-state index contributed by atoms with van der Waals surface area (Å²) >= 11 is 13.0. The Morgan fingerprint density at radius 2 is 1.71 bits per heavy atom. The van der Waals surface area contributed by atoms with Gasteiger partial charge in [-0.2, -0.15) is 0 Å². The standard InChI is InChI=1S/C29H26Cl2N4O3/c30-16-9-14-21(22(31)15-16)26-25(27(37)34-29-32-23-7-3-4-8-24(23)33-29)19-5-1-2-6-20(19)28(38)35(26)17-10-12-18(36)13-11-17/h1-9,14-15,17-18,25-26,36H,10-13H2,(H2,32,33,34,37)/t17?,18?,25-,26+/m1/s1. The monoisotopic (exact) mass is 548 g/mol. The summed E-state index contributed by atoms with van der Waals surface area (Å²) in [6, 6.07) is 19.1. The number of aliphatic hydroxyl groups excluding tert-OH is 1. The molecule has 1 aromatic heterocycles. The highest BCUT2D eigenvalue weighted by molar-refractivity contribution is 6.35. The lowest BCUT2D eigenvalue weighted by Gasteiger charge is -2.47. The average Bonchev–Trinajstić information content (AvgIpc) is 3.32. The van der Waals surface area contributed by atoms with Crippen LogP contribution in [0.25, 0.3) is 11.0 Å². The first-order valence-corrected chi connectivity index (χ1v) is 13.5. The molecule has 7 nitrogen and oxygen atoms in total. The Labute approximate surface area is 229 Å². The Morgan fingerprint density at radius 3 is 2.47 bits per heavy atom. The Bertz CT molecular complexity index is 1500. The third-order valence-corrected chi connectivity index (χ3v) is 8.19. The minimum atomic E-state index is -0.761. The fourth-order valence-electron chi connectivity index (χ4n) is 5.85. The molecule has 6 rings (SSSR count). The molecule has 0 unspecified atom stereocenters. The van der Waals surface area contributed by atoms with E-state index < -0.39 is 12.0 Å². The normalized spacial score (nSPS) is 23.3. The van der Waals surface area contributed by atoms with Crippen molar-refractivity contribution in [3.8, 4) is 0 Å². The third-order valence-electron chi connectivity index (χ3n) is 7.63. The van der Waals surface area contributed by atoms with Gasteiger partial charge in [-0.3, -0.25) is 14.9 Å². The number of anilines is 1. The molecule has 1 aliphatic carbocycles. The van der Waals surface area contributed by atoms with E-state index in [1.165, 1.54) is 0 Å². The van der Waals surface area contributed by atoms with Crippen molar-refractivity contribution in [2.45, 2.75) is 49.8 Å². The van der Waals surface area contributed by atoms with Gasteiger partial charge < -0.3 is 15.0 Å². The molecule has 9 heteroatoms. The first-order chi connectivity index (χ1) is 18.4. The van der Waals surface area contributed by atoms with Crippen LogP contribution in [0.15, 0.2) is 66.7 Å². The van der Waals surface area contributed by atoms with Crippen LogP contribution < -0.4 is 5.32 Å². The van der Waals surface area contributed by atoms with Gasteiger partial charge in [-0.25, -0.2) is 4.98 Å². The van der Waals surface area contributed by atoms with Gasteiger partial charge in [-0.1, -0.05) is 59.6 Å². The van der Waals surface area contributed by atoms with Crippen LogP contribution in [0.5, 0.6) is 0 Å². The van der Waals surface area contributed by atoms with E-state index in [0.717, 1.165) is 11.0 Å².